The number of hydrogen-bond acceptors (Lipinski definition) is 8. The van der Waals surface area contributed by atoms with E-state index in [-0.39, 0.29) is 35.0 Å². The van der Waals surface area contributed by atoms with Crippen molar-refractivity contribution < 1.29 is 19.1 Å². The first-order valence-electron chi connectivity index (χ1n) is 12.6. The van der Waals surface area contributed by atoms with Gasteiger partial charge >= 0.3 is 0 Å². The van der Waals surface area contributed by atoms with Crippen LogP contribution in [0.4, 0.5) is 17.2 Å². The van der Waals surface area contributed by atoms with Crippen molar-refractivity contribution in [2.24, 2.45) is 11.7 Å². The van der Waals surface area contributed by atoms with Crippen LogP contribution in [0.5, 0.6) is 5.75 Å². The number of nitrogens with two attached hydrogens (primary N) is 1. The Labute approximate surface area is 213 Å². The average Bonchev–Trinajstić information content (AvgIpc) is 3.40. The quantitative estimate of drug-likeness (QED) is 0.424. The molecule has 2 aromatic heterocycles. The lowest BCUT2D eigenvalue weighted by molar-refractivity contribution is -0.117. The molecule has 1 aliphatic heterocycles. The topological polar surface area (TPSA) is 146 Å². The maximum atomic E-state index is 12.2. The number of nitrogens with one attached hydrogen (secondary N) is 2. The van der Waals surface area contributed by atoms with Crippen molar-refractivity contribution in [3.05, 3.63) is 42.4 Å². The van der Waals surface area contributed by atoms with Crippen LogP contribution < -0.4 is 21.1 Å². The summed E-state index contributed by atoms with van der Waals surface area (Å²) in [6.07, 6.45) is 9.86. The fourth-order valence-corrected chi connectivity index (χ4v) is 5.33. The Kier molecular flexibility index (Phi) is 5.79. The van der Waals surface area contributed by atoms with E-state index < -0.39 is 5.91 Å². The van der Waals surface area contributed by atoms with Gasteiger partial charge in [0.25, 0.3) is 5.91 Å². The second-order valence-electron chi connectivity index (χ2n) is 9.91. The highest BCUT2D eigenvalue weighted by atomic mass is 16.5. The largest absolute Gasteiger partial charge is 0.494 e. The van der Waals surface area contributed by atoms with Crippen molar-refractivity contribution in [2.45, 2.75) is 50.2 Å². The van der Waals surface area contributed by atoms with Gasteiger partial charge in [-0.1, -0.05) is 12.1 Å². The Bertz CT molecular complexity index is 1360. The van der Waals surface area contributed by atoms with Gasteiger partial charge in [-0.3, -0.25) is 14.3 Å². The van der Waals surface area contributed by atoms with E-state index in [1.165, 1.54) is 0 Å². The van der Waals surface area contributed by atoms with Crippen molar-refractivity contribution in [1.82, 2.24) is 20.0 Å². The minimum atomic E-state index is -0.741. The Morgan fingerprint density at radius 2 is 2.05 bits per heavy atom. The van der Waals surface area contributed by atoms with Gasteiger partial charge < -0.3 is 25.8 Å². The number of carbonyl (C=O) groups is 2. The molecule has 3 aromatic rings. The van der Waals surface area contributed by atoms with Gasteiger partial charge in [0.2, 0.25) is 5.91 Å². The Morgan fingerprint density at radius 1 is 1.19 bits per heavy atom. The third-order valence-electron chi connectivity index (χ3n) is 7.53. The number of aromatic nitrogens is 4. The van der Waals surface area contributed by atoms with E-state index in [4.69, 9.17) is 15.2 Å². The van der Waals surface area contributed by atoms with Crippen LogP contribution in [0.25, 0.3) is 11.1 Å². The molecule has 1 spiro atoms. The fraction of sp³-hybridized carbons (Fsp3) is 0.423. The molecule has 4 N–H and O–H groups in total. The molecule has 0 unspecified atom stereocenters. The zero-order valence-electron chi connectivity index (χ0n) is 20.6. The van der Waals surface area contributed by atoms with Crippen LogP contribution in [0, 0.1) is 5.92 Å². The Balaban J connectivity index is 1.29. The summed E-state index contributed by atoms with van der Waals surface area (Å²) in [5.41, 5.74) is 8.08. The summed E-state index contributed by atoms with van der Waals surface area (Å²) < 4.78 is 13.9. The van der Waals surface area contributed by atoms with E-state index in [0.717, 1.165) is 56.3 Å². The maximum absolute atomic E-state index is 12.2. The van der Waals surface area contributed by atoms with Crippen LogP contribution in [0.2, 0.25) is 0 Å². The molecule has 11 nitrogen and oxygen atoms in total. The lowest BCUT2D eigenvalue weighted by Crippen LogP contribution is -2.47. The van der Waals surface area contributed by atoms with Crippen LogP contribution >= 0.6 is 0 Å². The van der Waals surface area contributed by atoms with E-state index in [2.05, 4.69) is 25.9 Å². The molecule has 1 saturated heterocycles. The molecular weight excluding hydrogens is 474 g/mol. The van der Waals surface area contributed by atoms with E-state index in [0.29, 0.717) is 17.1 Å². The van der Waals surface area contributed by atoms with E-state index in [1.807, 2.05) is 35.3 Å². The molecule has 0 bridgehead atoms. The van der Waals surface area contributed by atoms with Gasteiger partial charge in [-0.15, -0.1) is 10.2 Å². The van der Waals surface area contributed by atoms with Gasteiger partial charge in [0.1, 0.15) is 5.75 Å². The summed E-state index contributed by atoms with van der Waals surface area (Å²) in [4.78, 5) is 24.2. The fourth-order valence-electron chi connectivity index (χ4n) is 5.33. The minimum Gasteiger partial charge on any atom is -0.494 e. The summed E-state index contributed by atoms with van der Waals surface area (Å²) in [6, 6.07) is 7.45. The first kappa shape index (κ1) is 23.4. The third kappa shape index (κ3) is 4.29. The maximum Gasteiger partial charge on any atom is 0.271 e. The number of hydrogen-bond donors (Lipinski definition) is 3. The predicted molar refractivity (Wildman–Crippen MR) is 136 cm³/mol. The highest BCUT2D eigenvalue weighted by Crippen LogP contribution is 2.51. The first-order chi connectivity index (χ1) is 18.0. The first-order valence-corrected chi connectivity index (χ1v) is 12.6. The zero-order valence-corrected chi connectivity index (χ0v) is 20.6. The number of rotatable bonds is 8. The summed E-state index contributed by atoms with van der Waals surface area (Å²) in [7, 11) is 1.59. The number of primary amides is 1. The molecule has 6 rings (SSSR count). The number of nitrogens with zero attached hydrogens (tertiary/aromatic N) is 4. The number of anilines is 3. The predicted octanol–water partition coefficient (Wildman–Crippen LogP) is 3.42. The normalized spacial score (nSPS) is 22.5. The van der Waals surface area contributed by atoms with E-state index >= 15 is 0 Å². The molecule has 3 heterocycles. The van der Waals surface area contributed by atoms with Gasteiger partial charge in [-0.25, -0.2) is 0 Å². The molecule has 37 heavy (non-hydrogen) atoms. The molecule has 1 aromatic carbocycles. The van der Waals surface area contributed by atoms with Crippen LogP contribution in [0.3, 0.4) is 0 Å². The van der Waals surface area contributed by atoms with Crippen molar-refractivity contribution >= 4 is 29.0 Å². The van der Waals surface area contributed by atoms with Crippen molar-refractivity contribution in [3.63, 3.8) is 0 Å². The van der Waals surface area contributed by atoms with Gasteiger partial charge in [-0.2, -0.15) is 5.10 Å². The third-order valence-corrected chi connectivity index (χ3v) is 7.53. The summed E-state index contributed by atoms with van der Waals surface area (Å²) in [5, 5.41) is 18.5. The number of para-hydroxylation sites is 1. The van der Waals surface area contributed by atoms with Gasteiger partial charge in [-0.05, 0) is 44.6 Å². The number of carbonyl (C=O) groups excluding carboxylic acids is 2. The number of methoxy groups -OCH3 is 1. The summed E-state index contributed by atoms with van der Waals surface area (Å²) in [6.45, 7) is 0.815. The molecular formula is C26H29N7O4. The second-order valence-corrected chi connectivity index (χ2v) is 9.91. The van der Waals surface area contributed by atoms with Crippen LogP contribution in [-0.4, -0.2) is 51.1 Å². The van der Waals surface area contributed by atoms with Crippen molar-refractivity contribution in [1.29, 1.82) is 0 Å². The molecule has 3 fully saturated rings. The molecule has 2 amide bonds. The van der Waals surface area contributed by atoms with E-state index in [9.17, 15) is 9.59 Å². The smallest absolute Gasteiger partial charge is 0.271 e. The number of benzene rings is 1. The molecule has 2 atom stereocenters. The molecule has 0 radical (unpaired) electrons. The molecule has 2 saturated carbocycles. The van der Waals surface area contributed by atoms with Crippen LogP contribution in [0.1, 0.15) is 55.1 Å². The molecule has 3 aliphatic rings. The Morgan fingerprint density at radius 3 is 2.73 bits per heavy atom. The summed E-state index contributed by atoms with van der Waals surface area (Å²) >= 11 is 0. The highest BCUT2D eigenvalue weighted by molar-refractivity contribution is 5.99. The Hall–Kier alpha value is -3.99. The molecule has 11 heteroatoms. The molecule has 192 valence electrons. The monoisotopic (exact) mass is 503 g/mol. The SMILES string of the molecule is COc1c(Nc2cc(NC(=O)C3CC3)nnc2C(N)=O)cccc1-c1cnn([C@H]2CC[C@@]23CCCO3)c1. The van der Waals surface area contributed by atoms with Gasteiger partial charge in [0, 0.05) is 35.9 Å². The molecule has 2 aliphatic carbocycles. The summed E-state index contributed by atoms with van der Waals surface area (Å²) in [5.74, 6) is -0.0423. The number of ether oxygens (including phenoxy) is 2. The van der Waals surface area contributed by atoms with Gasteiger partial charge in [0.05, 0.1) is 36.3 Å². The average molecular weight is 504 g/mol. The van der Waals surface area contributed by atoms with Crippen molar-refractivity contribution in [2.75, 3.05) is 24.4 Å². The lowest BCUT2D eigenvalue weighted by Gasteiger charge is -2.45. The van der Waals surface area contributed by atoms with Crippen LogP contribution in [0.15, 0.2) is 36.7 Å². The zero-order chi connectivity index (χ0) is 25.6. The van der Waals surface area contributed by atoms with Gasteiger partial charge in [0.15, 0.2) is 11.5 Å². The second kappa shape index (κ2) is 9.15. The number of amides is 2. The minimum absolute atomic E-state index is 0.00163. The van der Waals surface area contributed by atoms with Crippen molar-refractivity contribution in [3.8, 4) is 16.9 Å². The lowest BCUT2D eigenvalue weighted by atomic mass is 9.73. The standard InChI is InChI=1S/C26H29N7O4/c1-36-23-17(16-13-28-33(14-16)20-8-10-26(20)9-3-11-37-26)4-2-5-18(23)29-19-12-21(30-25(35)15-6-7-15)31-32-22(19)24(27)34/h2,4-5,12-15,20H,3,6-11H2,1H3,(H2,27,34)(H2,29,30,31,35)/t20-,26-/m0/s1. The van der Waals surface area contributed by atoms with E-state index in [1.54, 1.807) is 13.2 Å². The highest BCUT2D eigenvalue weighted by Gasteiger charge is 2.51. The van der Waals surface area contributed by atoms with Crippen LogP contribution in [-0.2, 0) is 9.53 Å².